The fourth-order valence-electron chi connectivity index (χ4n) is 1.43. The Bertz CT molecular complexity index is 329. The van der Waals surface area contributed by atoms with Crippen LogP contribution in [0.15, 0.2) is 18.2 Å². The maximum atomic E-state index is 11.4. The lowest BCUT2D eigenvalue weighted by molar-refractivity contribution is 0.0526. The fraction of sp³-hybridized carbons (Fsp3) is 0.417. The van der Waals surface area contributed by atoms with Crippen LogP contribution in [-0.2, 0) is 11.2 Å². The van der Waals surface area contributed by atoms with Gasteiger partial charge in [0.1, 0.15) is 0 Å². The van der Waals surface area contributed by atoms with Crippen LogP contribution in [0.1, 0.15) is 35.3 Å². The Morgan fingerprint density at radius 2 is 2.07 bits per heavy atom. The van der Waals surface area contributed by atoms with Crippen LogP contribution in [-0.4, -0.2) is 12.6 Å². The molecule has 0 heterocycles. The average molecular weight is 192 g/mol. The first-order valence-corrected chi connectivity index (χ1v) is 4.95. The maximum Gasteiger partial charge on any atom is 0.338 e. The van der Waals surface area contributed by atoms with Gasteiger partial charge in [-0.15, -0.1) is 0 Å². The van der Waals surface area contributed by atoms with Gasteiger partial charge in [0.25, 0.3) is 0 Å². The van der Waals surface area contributed by atoms with Gasteiger partial charge in [0.2, 0.25) is 0 Å². The van der Waals surface area contributed by atoms with Crippen molar-refractivity contribution in [1.82, 2.24) is 0 Å². The van der Waals surface area contributed by atoms with E-state index in [1.165, 1.54) is 5.56 Å². The van der Waals surface area contributed by atoms with E-state index in [0.717, 1.165) is 12.0 Å². The Morgan fingerprint density at radius 3 is 2.57 bits per heavy atom. The van der Waals surface area contributed by atoms with Gasteiger partial charge < -0.3 is 4.74 Å². The van der Waals surface area contributed by atoms with Crippen molar-refractivity contribution >= 4 is 5.97 Å². The molecule has 1 aromatic carbocycles. The molecule has 0 aliphatic rings. The highest BCUT2D eigenvalue weighted by Crippen LogP contribution is 2.12. The molecule has 0 saturated carbocycles. The van der Waals surface area contributed by atoms with Gasteiger partial charge in [-0.3, -0.25) is 0 Å². The molecular weight excluding hydrogens is 176 g/mol. The molecule has 1 rings (SSSR count). The quantitative estimate of drug-likeness (QED) is 0.688. The Balaban J connectivity index is 2.91. The molecule has 0 aromatic heterocycles. The van der Waals surface area contributed by atoms with Crippen molar-refractivity contribution in [2.24, 2.45) is 0 Å². The molecule has 2 nitrogen and oxygen atoms in total. The number of hydrogen-bond acceptors (Lipinski definition) is 2. The summed E-state index contributed by atoms with van der Waals surface area (Å²) in [7, 11) is 0. The van der Waals surface area contributed by atoms with Gasteiger partial charge in [0.15, 0.2) is 0 Å². The predicted octanol–water partition coefficient (Wildman–Crippen LogP) is 2.73. The molecule has 0 amide bonds. The summed E-state index contributed by atoms with van der Waals surface area (Å²) in [5.74, 6) is -0.238. The first-order chi connectivity index (χ1) is 6.69. The number of rotatable bonds is 3. The monoisotopic (exact) mass is 192 g/mol. The van der Waals surface area contributed by atoms with Gasteiger partial charge in [-0.05, 0) is 43.5 Å². The molecule has 76 valence electrons. The fourth-order valence-corrected chi connectivity index (χ4v) is 1.43. The zero-order valence-corrected chi connectivity index (χ0v) is 8.96. The van der Waals surface area contributed by atoms with Gasteiger partial charge in [-0.25, -0.2) is 4.79 Å². The van der Waals surface area contributed by atoms with E-state index in [0.29, 0.717) is 12.2 Å². The van der Waals surface area contributed by atoms with Crippen molar-refractivity contribution in [2.45, 2.75) is 27.2 Å². The van der Waals surface area contributed by atoms with Gasteiger partial charge in [-0.2, -0.15) is 0 Å². The molecule has 0 radical (unpaired) electrons. The Kier molecular flexibility index (Phi) is 3.69. The first kappa shape index (κ1) is 10.8. The minimum Gasteiger partial charge on any atom is -0.462 e. The topological polar surface area (TPSA) is 26.3 Å². The zero-order valence-electron chi connectivity index (χ0n) is 8.96. The summed E-state index contributed by atoms with van der Waals surface area (Å²) >= 11 is 0. The Morgan fingerprint density at radius 1 is 1.36 bits per heavy atom. The molecule has 14 heavy (non-hydrogen) atoms. The lowest BCUT2D eigenvalue weighted by Gasteiger charge is -2.06. The third kappa shape index (κ3) is 2.34. The Labute approximate surface area is 84.9 Å². The standard InChI is InChI=1S/C12H16O2/c1-4-10-6-7-11(8-9(10)3)12(13)14-5-2/h6-8H,4-5H2,1-3H3. The molecular formula is C12H16O2. The van der Waals surface area contributed by atoms with E-state index < -0.39 is 0 Å². The highest BCUT2D eigenvalue weighted by Gasteiger charge is 2.07. The van der Waals surface area contributed by atoms with E-state index in [1.807, 2.05) is 32.0 Å². The highest BCUT2D eigenvalue weighted by molar-refractivity contribution is 5.89. The minimum atomic E-state index is -0.238. The van der Waals surface area contributed by atoms with Crippen molar-refractivity contribution in [3.8, 4) is 0 Å². The van der Waals surface area contributed by atoms with Crippen LogP contribution in [0.25, 0.3) is 0 Å². The molecule has 0 aliphatic heterocycles. The van der Waals surface area contributed by atoms with E-state index >= 15 is 0 Å². The highest BCUT2D eigenvalue weighted by atomic mass is 16.5. The summed E-state index contributed by atoms with van der Waals surface area (Å²) in [6, 6.07) is 5.70. The number of carbonyl (C=O) groups excluding carboxylic acids is 1. The van der Waals surface area contributed by atoms with Crippen molar-refractivity contribution in [2.75, 3.05) is 6.61 Å². The van der Waals surface area contributed by atoms with Crippen LogP contribution < -0.4 is 0 Å². The third-order valence-electron chi connectivity index (χ3n) is 2.23. The van der Waals surface area contributed by atoms with Crippen molar-refractivity contribution in [1.29, 1.82) is 0 Å². The number of ether oxygens (including phenoxy) is 1. The van der Waals surface area contributed by atoms with Gasteiger partial charge in [-0.1, -0.05) is 13.0 Å². The number of carbonyl (C=O) groups is 1. The smallest absolute Gasteiger partial charge is 0.338 e. The molecule has 0 bridgehead atoms. The molecule has 0 fully saturated rings. The van der Waals surface area contributed by atoms with E-state index in [4.69, 9.17) is 4.74 Å². The molecule has 0 aliphatic carbocycles. The van der Waals surface area contributed by atoms with E-state index in [-0.39, 0.29) is 5.97 Å². The van der Waals surface area contributed by atoms with E-state index in [9.17, 15) is 4.79 Å². The summed E-state index contributed by atoms with van der Waals surface area (Å²) < 4.78 is 4.92. The summed E-state index contributed by atoms with van der Waals surface area (Å²) in [5, 5.41) is 0. The lowest BCUT2D eigenvalue weighted by Crippen LogP contribution is -2.05. The van der Waals surface area contributed by atoms with Crippen molar-refractivity contribution < 1.29 is 9.53 Å². The van der Waals surface area contributed by atoms with E-state index in [2.05, 4.69) is 6.92 Å². The third-order valence-corrected chi connectivity index (χ3v) is 2.23. The molecule has 0 atom stereocenters. The van der Waals surface area contributed by atoms with Crippen molar-refractivity contribution in [3.05, 3.63) is 34.9 Å². The summed E-state index contributed by atoms with van der Waals surface area (Å²) in [6.07, 6.45) is 0.995. The molecule has 0 saturated heterocycles. The molecule has 0 unspecified atom stereocenters. The second-order valence-electron chi connectivity index (χ2n) is 3.22. The van der Waals surface area contributed by atoms with Gasteiger partial charge in [0.05, 0.1) is 12.2 Å². The summed E-state index contributed by atoms with van der Waals surface area (Å²) in [5.41, 5.74) is 3.07. The van der Waals surface area contributed by atoms with Crippen LogP contribution in [0.2, 0.25) is 0 Å². The molecule has 1 aromatic rings. The predicted molar refractivity (Wildman–Crippen MR) is 56.5 cm³/mol. The van der Waals surface area contributed by atoms with Gasteiger partial charge in [0, 0.05) is 0 Å². The Hall–Kier alpha value is -1.31. The number of esters is 1. The lowest BCUT2D eigenvalue weighted by atomic mass is 10.0. The second-order valence-corrected chi connectivity index (χ2v) is 3.22. The number of aryl methyl sites for hydroxylation is 2. The van der Waals surface area contributed by atoms with Crippen LogP contribution in [0, 0.1) is 6.92 Å². The average Bonchev–Trinajstić information content (AvgIpc) is 2.18. The normalized spacial score (nSPS) is 9.93. The summed E-state index contributed by atoms with van der Waals surface area (Å²) in [4.78, 5) is 11.4. The molecule has 2 heteroatoms. The van der Waals surface area contributed by atoms with Crippen LogP contribution in [0.5, 0.6) is 0 Å². The molecule has 0 spiro atoms. The minimum absolute atomic E-state index is 0.238. The van der Waals surface area contributed by atoms with Crippen LogP contribution in [0.3, 0.4) is 0 Å². The maximum absolute atomic E-state index is 11.4. The first-order valence-electron chi connectivity index (χ1n) is 4.95. The largest absolute Gasteiger partial charge is 0.462 e. The zero-order chi connectivity index (χ0) is 10.6. The summed E-state index contributed by atoms with van der Waals surface area (Å²) in [6.45, 7) is 6.35. The van der Waals surface area contributed by atoms with Crippen LogP contribution in [0.4, 0.5) is 0 Å². The second kappa shape index (κ2) is 4.80. The van der Waals surface area contributed by atoms with E-state index in [1.54, 1.807) is 0 Å². The van der Waals surface area contributed by atoms with Gasteiger partial charge >= 0.3 is 5.97 Å². The van der Waals surface area contributed by atoms with Crippen molar-refractivity contribution in [3.63, 3.8) is 0 Å². The van der Waals surface area contributed by atoms with Crippen LogP contribution >= 0.6 is 0 Å². The SMILES string of the molecule is CCOC(=O)c1ccc(CC)c(C)c1. The number of hydrogen-bond donors (Lipinski definition) is 0. The molecule has 0 N–H and O–H groups in total. The number of benzene rings is 1.